The van der Waals surface area contributed by atoms with Crippen molar-refractivity contribution in [1.82, 2.24) is 0 Å². The van der Waals surface area contributed by atoms with E-state index in [4.69, 9.17) is 4.74 Å². The van der Waals surface area contributed by atoms with Gasteiger partial charge >= 0.3 is 0 Å². The van der Waals surface area contributed by atoms with Crippen molar-refractivity contribution in [3.8, 4) is 5.75 Å². The standard InChI is InChI=1S/C13H12BrNO2S/c1-15(10-4-3-5-11(7-10)17-2)13(16)9-6-12(14)18-8-9/h3-8H,1-2H3. The first-order valence-corrected chi connectivity index (χ1v) is 6.95. The summed E-state index contributed by atoms with van der Waals surface area (Å²) in [6.07, 6.45) is 0. The van der Waals surface area contributed by atoms with Gasteiger partial charge in [0.2, 0.25) is 0 Å². The highest BCUT2D eigenvalue weighted by atomic mass is 79.9. The van der Waals surface area contributed by atoms with Crippen molar-refractivity contribution in [2.24, 2.45) is 0 Å². The van der Waals surface area contributed by atoms with E-state index in [0.717, 1.165) is 15.2 Å². The fourth-order valence-corrected chi connectivity index (χ4v) is 2.68. The van der Waals surface area contributed by atoms with E-state index in [2.05, 4.69) is 15.9 Å². The highest BCUT2D eigenvalue weighted by Gasteiger charge is 2.15. The molecule has 94 valence electrons. The molecular formula is C13H12BrNO2S. The second-order valence-electron chi connectivity index (χ2n) is 3.71. The van der Waals surface area contributed by atoms with Crippen LogP contribution in [0.4, 0.5) is 5.69 Å². The first-order valence-electron chi connectivity index (χ1n) is 5.28. The van der Waals surface area contributed by atoms with Gasteiger partial charge in [-0.15, -0.1) is 11.3 Å². The molecule has 0 saturated carbocycles. The molecule has 1 amide bonds. The summed E-state index contributed by atoms with van der Waals surface area (Å²) in [4.78, 5) is 13.8. The number of carbonyl (C=O) groups excluding carboxylic acids is 1. The zero-order valence-corrected chi connectivity index (χ0v) is 12.4. The zero-order valence-electron chi connectivity index (χ0n) is 10.0. The molecule has 0 radical (unpaired) electrons. The van der Waals surface area contributed by atoms with Gasteiger partial charge in [-0.2, -0.15) is 0 Å². The summed E-state index contributed by atoms with van der Waals surface area (Å²) in [5.74, 6) is 0.698. The van der Waals surface area contributed by atoms with Gasteiger partial charge in [0.15, 0.2) is 0 Å². The zero-order chi connectivity index (χ0) is 13.1. The third-order valence-corrected chi connectivity index (χ3v) is 4.06. The highest BCUT2D eigenvalue weighted by Crippen LogP contribution is 2.25. The second-order valence-corrected chi connectivity index (χ2v) is 6.00. The normalized spacial score (nSPS) is 10.2. The lowest BCUT2D eigenvalue weighted by molar-refractivity contribution is 0.0993. The molecular weight excluding hydrogens is 314 g/mol. The minimum absolute atomic E-state index is 0.0368. The summed E-state index contributed by atoms with van der Waals surface area (Å²) in [6.45, 7) is 0. The summed E-state index contributed by atoms with van der Waals surface area (Å²) in [7, 11) is 3.36. The first kappa shape index (κ1) is 13.1. The molecule has 1 aromatic heterocycles. The highest BCUT2D eigenvalue weighted by molar-refractivity contribution is 9.11. The summed E-state index contributed by atoms with van der Waals surface area (Å²) in [5, 5.41) is 1.84. The van der Waals surface area contributed by atoms with Gasteiger partial charge < -0.3 is 9.64 Å². The maximum absolute atomic E-state index is 12.2. The van der Waals surface area contributed by atoms with Gasteiger partial charge in [-0.25, -0.2) is 0 Å². The van der Waals surface area contributed by atoms with E-state index in [1.54, 1.807) is 19.1 Å². The molecule has 0 spiro atoms. The Bertz CT molecular complexity index is 568. The Hall–Kier alpha value is -1.33. The SMILES string of the molecule is COc1cccc(N(C)C(=O)c2csc(Br)c2)c1. The van der Waals surface area contributed by atoms with E-state index in [1.165, 1.54) is 11.3 Å². The number of benzene rings is 1. The van der Waals surface area contributed by atoms with Crippen LogP contribution in [0.3, 0.4) is 0 Å². The van der Waals surface area contributed by atoms with Crippen LogP contribution in [0, 0.1) is 0 Å². The molecule has 3 nitrogen and oxygen atoms in total. The molecule has 0 atom stereocenters. The van der Waals surface area contributed by atoms with Crippen LogP contribution in [0.25, 0.3) is 0 Å². The molecule has 1 aromatic carbocycles. The van der Waals surface area contributed by atoms with E-state index in [0.29, 0.717) is 5.56 Å². The molecule has 18 heavy (non-hydrogen) atoms. The Morgan fingerprint density at radius 2 is 2.17 bits per heavy atom. The van der Waals surface area contributed by atoms with Gasteiger partial charge in [0.25, 0.3) is 5.91 Å². The van der Waals surface area contributed by atoms with E-state index < -0.39 is 0 Å². The molecule has 0 N–H and O–H groups in total. The summed E-state index contributed by atoms with van der Waals surface area (Å²) < 4.78 is 6.10. The number of hydrogen-bond acceptors (Lipinski definition) is 3. The molecule has 0 saturated heterocycles. The van der Waals surface area contributed by atoms with Crippen molar-refractivity contribution < 1.29 is 9.53 Å². The topological polar surface area (TPSA) is 29.5 Å². The molecule has 0 aliphatic heterocycles. The molecule has 2 aromatic rings. The first-order chi connectivity index (χ1) is 8.61. The van der Waals surface area contributed by atoms with Crippen LogP contribution in [0.1, 0.15) is 10.4 Å². The molecule has 0 bridgehead atoms. The predicted octanol–water partition coefficient (Wildman–Crippen LogP) is 3.80. The number of hydrogen-bond donors (Lipinski definition) is 0. The predicted molar refractivity (Wildman–Crippen MR) is 77.7 cm³/mol. The van der Waals surface area contributed by atoms with Crippen LogP contribution in [0.2, 0.25) is 0 Å². The maximum Gasteiger partial charge on any atom is 0.258 e. The number of halogens is 1. The van der Waals surface area contributed by atoms with Gasteiger partial charge in [-0.05, 0) is 34.1 Å². The average Bonchev–Trinajstić information content (AvgIpc) is 2.83. The molecule has 5 heteroatoms. The van der Waals surface area contributed by atoms with Crippen molar-refractivity contribution in [1.29, 1.82) is 0 Å². The Morgan fingerprint density at radius 3 is 2.78 bits per heavy atom. The van der Waals surface area contributed by atoms with Crippen molar-refractivity contribution in [2.45, 2.75) is 0 Å². The van der Waals surface area contributed by atoms with Gasteiger partial charge in [0, 0.05) is 24.2 Å². The summed E-state index contributed by atoms with van der Waals surface area (Å²) >= 11 is 4.85. The Morgan fingerprint density at radius 1 is 1.39 bits per heavy atom. The van der Waals surface area contributed by atoms with E-state index >= 15 is 0 Å². The Labute approximate surface area is 118 Å². The smallest absolute Gasteiger partial charge is 0.258 e. The van der Waals surface area contributed by atoms with Gasteiger partial charge in [0.05, 0.1) is 16.5 Å². The number of carbonyl (C=O) groups is 1. The Kier molecular flexibility index (Phi) is 4.04. The number of methoxy groups -OCH3 is 1. The van der Waals surface area contributed by atoms with Crippen LogP contribution in [-0.2, 0) is 0 Å². The van der Waals surface area contributed by atoms with Crippen LogP contribution in [0.5, 0.6) is 5.75 Å². The molecule has 2 rings (SSSR count). The van der Waals surface area contributed by atoms with Crippen molar-refractivity contribution >= 4 is 38.9 Å². The largest absolute Gasteiger partial charge is 0.497 e. The van der Waals surface area contributed by atoms with Crippen molar-refractivity contribution in [3.63, 3.8) is 0 Å². The van der Waals surface area contributed by atoms with Gasteiger partial charge in [0.1, 0.15) is 5.75 Å². The fraction of sp³-hybridized carbons (Fsp3) is 0.154. The summed E-state index contributed by atoms with van der Waals surface area (Å²) in [6, 6.07) is 9.25. The number of ether oxygens (including phenoxy) is 1. The van der Waals surface area contributed by atoms with Gasteiger partial charge in [-0.3, -0.25) is 4.79 Å². The third kappa shape index (κ3) is 2.73. The summed E-state index contributed by atoms with van der Waals surface area (Å²) in [5.41, 5.74) is 1.49. The van der Waals surface area contributed by atoms with Crippen molar-refractivity contribution in [2.75, 3.05) is 19.1 Å². The third-order valence-electron chi connectivity index (χ3n) is 2.56. The molecule has 0 aliphatic rings. The lowest BCUT2D eigenvalue weighted by Gasteiger charge is -2.17. The number of thiophene rings is 1. The molecule has 0 fully saturated rings. The molecule has 0 aliphatic carbocycles. The minimum atomic E-state index is -0.0368. The Balaban J connectivity index is 2.25. The van der Waals surface area contributed by atoms with E-state index in [-0.39, 0.29) is 5.91 Å². The van der Waals surface area contributed by atoms with E-state index in [9.17, 15) is 4.79 Å². The molecule has 1 heterocycles. The lowest BCUT2D eigenvalue weighted by atomic mass is 10.2. The number of amides is 1. The van der Waals surface area contributed by atoms with Gasteiger partial charge in [-0.1, -0.05) is 6.07 Å². The van der Waals surface area contributed by atoms with Crippen molar-refractivity contribution in [3.05, 3.63) is 45.1 Å². The number of rotatable bonds is 3. The van der Waals surface area contributed by atoms with Crippen LogP contribution >= 0.6 is 27.3 Å². The van der Waals surface area contributed by atoms with Crippen LogP contribution in [0.15, 0.2) is 39.5 Å². The minimum Gasteiger partial charge on any atom is -0.497 e. The molecule has 0 unspecified atom stereocenters. The maximum atomic E-state index is 12.2. The fourth-order valence-electron chi connectivity index (χ4n) is 1.55. The quantitative estimate of drug-likeness (QED) is 0.859. The van der Waals surface area contributed by atoms with Crippen LogP contribution < -0.4 is 9.64 Å². The lowest BCUT2D eigenvalue weighted by Crippen LogP contribution is -2.25. The number of anilines is 1. The number of nitrogens with zero attached hydrogens (tertiary/aromatic N) is 1. The average molecular weight is 326 g/mol. The monoisotopic (exact) mass is 325 g/mol. The van der Waals surface area contributed by atoms with Crippen LogP contribution in [-0.4, -0.2) is 20.1 Å². The van der Waals surface area contributed by atoms with E-state index in [1.807, 2.05) is 35.7 Å². The second kappa shape index (κ2) is 5.54.